The molecule has 0 unspecified atom stereocenters. The van der Waals surface area contributed by atoms with E-state index in [0.29, 0.717) is 15.8 Å². The number of hydrogen-bond acceptors (Lipinski definition) is 5. The predicted octanol–water partition coefficient (Wildman–Crippen LogP) is 3.26. The second-order valence-corrected chi connectivity index (χ2v) is 8.22. The lowest BCUT2D eigenvalue weighted by molar-refractivity contribution is 0.174. The number of thiophene rings is 1. The van der Waals surface area contributed by atoms with Crippen LogP contribution in [0, 0.1) is 0 Å². The van der Waals surface area contributed by atoms with Crippen molar-refractivity contribution in [2.45, 2.75) is 11.4 Å². The summed E-state index contributed by atoms with van der Waals surface area (Å²) in [7, 11) is -3.71. The van der Waals surface area contributed by atoms with Crippen LogP contribution in [0.5, 0.6) is 11.5 Å². The maximum atomic E-state index is 12.2. The molecule has 2 heterocycles. The highest BCUT2D eigenvalue weighted by atomic mass is 35.5. The SMILES string of the molecule is O=S(=O)(NCc1ccc2c(c1)OCO2)c1cc(Cl)sc1Cl. The lowest BCUT2D eigenvalue weighted by atomic mass is 10.2. The molecule has 0 spiro atoms. The first-order valence-electron chi connectivity index (χ1n) is 5.79. The quantitative estimate of drug-likeness (QED) is 0.902. The maximum absolute atomic E-state index is 12.2. The van der Waals surface area contributed by atoms with Crippen LogP contribution in [0.1, 0.15) is 5.56 Å². The molecule has 0 atom stereocenters. The zero-order valence-corrected chi connectivity index (χ0v) is 13.6. The van der Waals surface area contributed by atoms with Crippen LogP contribution in [0.2, 0.25) is 8.67 Å². The second-order valence-electron chi connectivity index (χ2n) is 4.20. The molecule has 5 nitrogen and oxygen atoms in total. The Balaban J connectivity index is 1.76. The number of nitrogens with one attached hydrogen (secondary N) is 1. The number of halogens is 2. The zero-order valence-electron chi connectivity index (χ0n) is 10.4. The largest absolute Gasteiger partial charge is 0.454 e. The van der Waals surface area contributed by atoms with Gasteiger partial charge in [-0.3, -0.25) is 0 Å². The summed E-state index contributed by atoms with van der Waals surface area (Å²) < 4.78 is 37.7. The molecule has 1 aromatic heterocycles. The van der Waals surface area contributed by atoms with E-state index in [4.69, 9.17) is 32.7 Å². The fraction of sp³-hybridized carbons (Fsp3) is 0.167. The number of sulfonamides is 1. The Bertz CT molecular complexity index is 789. The smallest absolute Gasteiger partial charge is 0.243 e. The fourth-order valence-corrected chi connectivity index (χ4v) is 4.98. The molecular weight excluding hydrogens is 357 g/mol. The summed E-state index contributed by atoms with van der Waals surface area (Å²) in [4.78, 5) is -0.0140. The Morgan fingerprint density at radius 3 is 2.67 bits per heavy atom. The van der Waals surface area contributed by atoms with Crippen molar-refractivity contribution in [3.63, 3.8) is 0 Å². The standard InChI is InChI=1S/C12H9Cl2NO4S2/c13-11-4-10(12(14)20-11)21(16,17)15-5-7-1-2-8-9(3-7)19-6-18-8/h1-4,15H,5-6H2. The number of benzene rings is 1. The average Bonchev–Trinajstić information content (AvgIpc) is 3.02. The van der Waals surface area contributed by atoms with Crippen LogP contribution in [0.3, 0.4) is 0 Å². The molecule has 9 heteroatoms. The Morgan fingerprint density at radius 2 is 1.95 bits per heavy atom. The minimum Gasteiger partial charge on any atom is -0.454 e. The number of rotatable bonds is 4. The highest BCUT2D eigenvalue weighted by molar-refractivity contribution is 7.89. The maximum Gasteiger partial charge on any atom is 0.243 e. The molecule has 0 amide bonds. The van der Waals surface area contributed by atoms with Crippen molar-refractivity contribution < 1.29 is 17.9 Å². The summed E-state index contributed by atoms with van der Waals surface area (Å²) in [5.74, 6) is 1.25. The Morgan fingerprint density at radius 1 is 1.19 bits per heavy atom. The van der Waals surface area contributed by atoms with Crippen molar-refractivity contribution in [3.05, 3.63) is 38.5 Å². The third-order valence-corrected chi connectivity index (χ3v) is 5.97. The summed E-state index contributed by atoms with van der Waals surface area (Å²) >= 11 is 12.6. The van der Waals surface area contributed by atoms with Crippen LogP contribution in [0.25, 0.3) is 0 Å². The van der Waals surface area contributed by atoms with Crippen molar-refractivity contribution in [2.75, 3.05) is 6.79 Å². The molecule has 1 N–H and O–H groups in total. The normalized spacial score (nSPS) is 13.6. The van der Waals surface area contributed by atoms with Crippen molar-refractivity contribution >= 4 is 44.6 Å². The second kappa shape index (κ2) is 5.66. The fourth-order valence-electron chi connectivity index (χ4n) is 1.82. The topological polar surface area (TPSA) is 64.6 Å². The van der Waals surface area contributed by atoms with Gasteiger partial charge in [0.2, 0.25) is 16.8 Å². The van der Waals surface area contributed by atoms with Crippen molar-refractivity contribution in [3.8, 4) is 11.5 Å². The first kappa shape index (κ1) is 14.9. The van der Waals surface area contributed by atoms with Crippen LogP contribution < -0.4 is 14.2 Å². The minimum atomic E-state index is -3.71. The molecule has 0 saturated heterocycles. The van der Waals surface area contributed by atoms with Gasteiger partial charge in [0.1, 0.15) is 9.23 Å². The van der Waals surface area contributed by atoms with E-state index < -0.39 is 10.0 Å². The van der Waals surface area contributed by atoms with Crippen molar-refractivity contribution in [1.29, 1.82) is 0 Å². The summed E-state index contributed by atoms with van der Waals surface area (Å²) in [6, 6.07) is 6.56. The van der Waals surface area contributed by atoms with E-state index in [1.54, 1.807) is 18.2 Å². The van der Waals surface area contributed by atoms with Crippen molar-refractivity contribution in [1.82, 2.24) is 4.72 Å². The van der Waals surface area contributed by atoms with Gasteiger partial charge in [-0.1, -0.05) is 29.3 Å². The first-order chi connectivity index (χ1) is 9.95. The van der Waals surface area contributed by atoms with Gasteiger partial charge in [0.05, 0.1) is 4.34 Å². The molecule has 0 aliphatic carbocycles. The molecular formula is C12H9Cl2NO4S2. The van der Waals surface area contributed by atoms with E-state index in [9.17, 15) is 8.42 Å². The highest BCUT2D eigenvalue weighted by Crippen LogP contribution is 2.35. The lowest BCUT2D eigenvalue weighted by Gasteiger charge is -2.06. The lowest BCUT2D eigenvalue weighted by Crippen LogP contribution is -2.23. The molecule has 0 fully saturated rings. The Kier molecular flexibility index (Phi) is 4.02. The average molecular weight is 366 g/mol. The molecule has 2 aromatic rings. The van der Waals surface area contributed by atoms with Gasteiger partial charge in [0, 0.05) is 6.54 Å². The first-order valence-corrected chi connectivity index (χ1v) is 8.84. The van der Waals surface area contributed by atoms with Crippen LogP contribution in [0.4, 0.5) is 0 Å². The molecule has 1 aliphatic heterocycles. The van der Waals surface area contributed by atoms with Gasteiger partial charge in [0.15, 0.2) is 11.5 Å². The number of ether oxygens (including phenoxy) is 2. The molecule has 1 aliphatic rings. The van der Waals surface area contributed by atoms with E-state index in [2.05, 4.69) is 4.72 Å². The van der Waals surface area contributed by atoms with E-state index in [1.807, 2.05) is 0 Å². The predicted molar refractivity (Wildman–Crippen MR) is 80.9 cm³/mol. The molecule has 0 radical (unpaired) electrons. The summed E-state index contributed by atoms with van der Waals surface area (Å²) in [6.45, 7) is 0.288. The van der Waals surface area contributed by atoms with Crippen LogP contribution >= 0.6 is 34.5 Å². The zero-order chi connectivity index (χ0) is 15.0. The van der Waals surface area contributed by atoms with E-state index >= 15 is 0 Å². The van der Waals surface area contributed by atoms with Crippen LogP contribution in [-0.2, 0) is 16.6 Å². The van der Waals surface area contributed by atoms with Gasteiger partial charge < -0.3 is 9.47 Å². The Labute approximate surface area is 135 Å². The number of fused-ring (bicyclic) bond motifs is 1. The van der Waals surface area contributed by atoms with Gasteiger partial charge in [-0.15, -0.1) is 11.3 Å². The molecule has 112 valence electrons. The third-order valence-electron chi connectivity index (χ3n) is 2.82. The summed E-state index contributed by atoms with van der Waals surface area (Å²) in [5.41, 5.74) is 0.750. The summed E-state index contributed by atoms with van der Waals surface area (Å²) in [5, 5.41) is 0. The van der Waals surface area contributed by atoms with Crippen molar-refractivity contribution in [2.24, 2.45) is 0 Å². The van der Waals surface area contributed by atoms with Gasteiger partial charge >= 0.3 is 0 Å². The summed E-state index contributed by atoms with van der Waals surface area (Å²) in [6.07, 6.45) is 0. The molecule has 1 aromatic carbocycles. The molecule has 0 bridgehead atoms. The van der Waals surface area contributed by atoms with Gasteiger partial charge in [-0.25, -0.2) is 13.1 Å². The van der Waals surface area contributed by atoms with Gasteiger partial charge in [0.25, 0.3) is 0 Å². The number of hydrogen-bond donors (Lipinski definition) is 1. The monoisotopic (exact) mass is 365 g/mol. The van der Waals surface area contributed by atoms with Crippen LogP contribution in [0.15, 0.2) is 29.2 Å². The van der Waals surface area contributed by atoms with Gasteiger partial charge in [-0.2, -0.15) is 0 Å². The molecule has 21 heavy (non-hydrogen) atoms. The Hall–Kier alpha value is -0.990. The van der Waals surface area contributed by atoms with Gasteiger partial charge in [-0.05, 0) is 23.8 Å². The third kappa shape index (κ3) is 3.12. The minimum absolute atomic E-state index is 0.0140. The molecule has 0 saturated carbocycles. The molecule has 3 rings (SSSR count). The van der Waals surface area contributed by atoms with E-state index in [1.165, 1.54) is 6.07 Å². The van der Waals surface area contributed by atoms with Crippen LogP contribution in [-0.4, -0.2) is 15.2 Å². The highest BCUT2D eigenvalue weighted by Gasteiger charge is 2.21. The van der Waals surface area contributed by atoms with E-state index in [-0.39, 0.29) is 22.6 Å². The van der Waals surface area contributed by atoms with E-state index in [0.717, 1.165) is 16.9 Å².